The number of amides is 1. The van der Waals surface area contributed by atoms with Crippen LogP contribution in [-0.4, -0.2) is 19.1 Å². The molecule has 1 amide bonds. The molecule has 0 atom stereocenters. The number of nitrogens with one attached hydrogen (secondary N) is 1. The van der Waals surface area contributed by atoms with Crippen LogP contribution in [0.4, 0.5) is 5.69 Å². The first-order valence-electron chi connectivity index (χ1n) is 9.11. The van der Waals surface area contributed by atoms with Crippen LogP contribution in [0, 0.1) is 11.3 Å². The predicted octanol–water partition coefficient (Wildman–Crippen LogP) is 4.77. The molecule has 0 heterocycles. The normalized spacial score (nSPS) is 9.93. The Bertz CT molecular complexity index is 1010. The first-order valence-corrected chi connectivity index (χ1v) is 9.11. The lowest BCUT2D eigenvalue weighted by atomic mass is 10.2. The molecule has 0 radical (unpaired) electrons. The zero-order valence-corrected chi connectivity index (χ0v) is 15.9. The lowest BCUT2D eigenvalue weighted by Gasteiger charge is -2.14. The zero-order chi connectivity index (χ0) is 20.5. The van der Waals surface area contributed by atoms with E-state index in [0.717, 1.165) is 0 Å². The first-order chi connectivity index (χ1) is 14.2. The minimum absolute atomic E-state index is 0.217. The van der Waals surface area contributed by atoms with Crippen LogP contribution in [0.1, 0.15) is 12.5 Å². The number of ether oxygens (including phenoxy) is 3. The van der Waals surface area contributed by atoms with Gasteiger partial charge in [-0.1, -0.05) is 30.3 Å². The van der Waals surface area contributed by atoms with Crippen molar-refractivity contribution < 1.29 is 19.0 Å². The Kier molecular flexibility index (Phi) is 6.69. The van der Waals surface area contributed by atoms with Gasteiger partial charge in [-0.2, -0.15) is 5.26 Å². The fraction of sp³-hybridized carbons (Fsp3) is 0.130. The van der Waals surface area contributed by atoms with Crippen molar-refractivity contribution in [1.82, 2.24) is 0 Å². The van der Waals surface area contributed by atoms with Crippen molar-refractivity contribution in [3.8, 4) is 29.1 Å². The molecule has 0 spiro atoms. The predicted molar refractivity (Wildman–Crippen MR) is 109 cm³/mol. The molecule has 0 aliphatic rings. The third kappa shape index (κ3) is 5.50. The van der Waals surface area contributed by atoms with Gasteiger partial charge in [0.05, 0.1) is 23.9 Å². The smallest absolute Gasteiger partial charge is 0.262 e. The first kappa shape index (κ1) is 19.8. The number of hydrogen-bond acceptors (Lipinski definition) is 5. The number of nitrogens with zero attached hydrogens (tertiary/aromatic N) is 1. The SMILES string of the molecule is CCOc1cc(C#N)ccc1OCC(=O)Nc1ccccc1Oc1ccccc1. The topological polar surface area (TPSA) is 80.6 Å². The zero-order valence-electron chi connectivity index (χ0n) is 15.9. The highest BCUT2D eigenvalue weighted by Crippen LogP contribution is 2.30. The second kappa shape index (κ2) is 9.81. The molecule has 1 N–H and O–H groups in total. The van der Waals surface area contributed by atoms with Gasteiger partial charge in [0.2, 0.25) is 0 Å². The highest BCUT2D eigenvalue weighted by Gasteiger charge is 2.12. The van der Waals surface area contributed by atoms with Crippen molar-refractivity contribution >= 4 is 11.6 Å². The van der Waals surface area contributed by atoms with Crippen LogP contribution >= 0.6 is 0 Å². The van der Waals surface area contributed by atoms with Crippen molar-refractivity contribution in [2.75, 3.05) is 18.5 Å². The van der Waals surface area contributed by atoms with Gasteiger partial charge in [0, 0.05) is 6.07 Å². The molecule has 3 aromatic rings. The molecular formula is C23H20N2O4. The van der Waals surface area contributed by atoms with Gasteiger partial charge in [0.15, 0.2) is 23.9 Å². The number of carbonyl (C=O) groups excluding carboxylic acids is 1. The van der Waals surface area contributed by atoms with Crippen LogP contribution in [0.2, 0.25) is 0 Å². The Labute approximate surface area is 169 Å². The van der Waals surface area contributed by atoms with Crippen molar-refractivity contribution in [2.45, 2.75) is 6.92 Å². The number of nitriles is 1. The Hall–Kier alpha value is -3.98. The molecule has 0 aromatic heterocycles. The highest BCUT2D eigenvalue weighted by atomic mass is 16.5. The summed E-state index contributed by atoms with van der Waals surface area (Å²) in [6.07, 6.45) is 0. The molecule has 0 bridgehead atoms. The van der Waals surface area contributed by atoms with Gasteiger partial charge in [-0.3, -0.25) is 4.79 Å². The van der Waals surface area contributed by atoms with Gasteiger partial charge in [-0.25, -0.2) is 0 Å². The van der Waals surface area contributed by atoms with E-state index in [-0.39, 0.29) is 12.5 Å². The van der Waals surface area contributed by atoms with E-state index in [1.807, 2.05) is 55.5 Å². The molecule has 3 rings (SSSR count). The molecule has 0 saturated heterocycles. The summed E-state index contributed by atoms with van der Waals surface area (Å²) < 4.78 is 16.9. The number of rotatable bonds is 8. The van der Waals surface area contributed by atoms with E-state index < -0.39 is 0 Å². The summed E-state index contributed by atoms with van der Waals surface area (Å²) in [7, 11) is 0. The van der Waals surface area contributed by atoms with Crippen LogP contribution < -0.4 is 19.5 Å². The summed E-state index contributed by atoms with van der Waals surface area (Å²) in [6.45, 7) is 2.03. The van der Waals surface area contributed by atoms with Crippen molar-refractivity contribution in [2.24, 2.45) is 0 Å². The number of carbonyl (C=O) groups is 1. The van der Waals surface area contributed by atoms with Gasteiger partial charge >= 0.3 is 0 Å². The molecule has 0 fully saturated rings. The maximum Gasteiger partial charge on any atom is 0.262 e. The van der Waals surface area contributed by atoms with E-state index in [1.165, 1.54) is 0 Å². The summed E-state index contributed by atoms with van der Waals surface area (Å²) in [6, 6.07) is 23.3. The minimum Gasteiger partial charge on any atom is -0.490 e. The maximum absolute atomic E-state index is 12.4. The average molecular weight is 388 g/mol. The van der Waals surface area contributed by atoms with Crippen molar-refractivity contribution in [1.29, 1.82) is 5.26 Å². The largest absolute Gasteiger partial charge is 0.490 e. The molecule has 0 aliphatic heterocycles. The van der Waals surface area contributed by atoms with E-state index in [4.69, 9.17) is 19.5 Å². The second-order valence-corrected chi connectivity index (χ2v) is 5.95. The lowest BCUT2D eigenvalue weighted by molar-refractivity contribution is -0.118. The number of anilines is 1. The molecule has 0 unspecified atom stereocenters. The molecule has 146 valence electrons. The molecular weight excluding hydrogens is 368 g/mol. The van der Waals surface area contributed by atoms with Crippen LogP contribution in [0.15, 0.2) is 72.8 Å². The molecule has 0 aliphatic carbocycles. The van der Waals surface area contributed by atoms with Gasteiger partial charge in [0.25, 0.3) is 5.91 Å². The minimum atomic E-state index is -0.346. The fourth-order valence-electron chi connectivity index (χ4n) is 2.57. The molecule has 0 saturated carbocycles. The Morgan fingerprint density at radius 3 is 2.45 bits per heavy atom. The maximum atomic E-state index is 12.4. The number of para-hydroxylation sites is 3. The van der Waals surface area contributed by atoms with Gasteiger partial charge < -0.3 is 19.5 Å². The Balaban J connectivity index is 1.66. The molecule has 6 nitrogen and oxygen atoms in total. The second-order valence-electron chi connectivity index (χ2n) is 5.95. The molecule has 29 heavy (non-hydrogen) atoms. The van der Waals surface area contributed by atoms with Crippen LogP contribution in [0.25, 0.3) is 0 Å². The summed E-state index contributed by atoms with van der Waals surface area (Å²) >= 11 is 0. The quantitative estimate of drug-likeness (QED) is 0.601. The molecule has 3 aromatic carbocycles. The van der Waals surface area contributed by atoms with E-state index in [0.29, 0.717) is 40.9 Å². The van der Waals surface area contributed by atoms with Gasteiger partial charge in [-0.15, -0.1) is 0 Å². The Morgan fingerprint density at radius 2 is 1.69 bits per heavy atom. The average Bonchev–Trinajstić information content (AvgIpc) is 2.75. The summed E-state index contributed by atoms with van der Waals surface area (Å²) in [4.78, 5) is 12.4. The summed E-state index contributed by atoms with van der Waals surface area (Å²) in [5.41, 5.74) is 0.993. The number of hydrogen-bond donors (Lipinski definition) is 1. The third-order valence-corrected chi connectivity index (χ3v) is 3.86. The number of benzene rings is 3. The van der Waals surface area contributed by atoms with Crippen LogP contribution in [0.3, 0.4) is 0 Å². The Morgan fingerprint density at radius 1 is 0.931 bits per heavy atom. The standard InChI is InChI=1S/C23H20N2O4/c1-2-27-22-14-17(15-24)12-13-21(22)28-16-23(26)25-19-10-6-7-11-20(19)29-18-8-4-3-5-9-18/h3-14H,2,16H2,1H3,(H,25,26). The van der Waals surface area contributed by atoms with Gasteiger partial charge in [-0.05, 0) is 43.3 Å². The monoisotopic (exact) mass is 388 g/mol. The molecule has 6 heteroatoms. The van der Waals surface area contributed by atoms with Crippen molar-refractivity contribution in [3.63, 3.8) is 0 Å². The fourth-order valence-corrected chi connectivity index (χ4v) is 2.57. The van der Waals surface area contributed by atoms with E-state index in [2.05, 4.69) is 5.32 Å². The van der Waals surface area contributed by atoms with Gasteiger partial charge in [0.1, 0.15) is 5.75 Å². The third-order valence-electron chi connectivity index (χ3n) is 3.86. The van der Waals surface area contributed by atoms with Crippen molar-refractivity contribution in [3.05, 3.63) is 78.4 Å². The summed E-state index contributed by atoms with van der Waals surface area (Å²) in [5.74, 6) is 1.67. The van der Waals surface area contributed by atoms with Crippen LogP contribution in [-0.2, 0) is 4.79 Å². The van der Waals surface area contributed by atoms with E-state index in [1.54, 1.807) is 30.3 Å². The van der Waals surface area contributed by atoms with Crippen LogP contribution in [0.5, 0.6) is 23.0 Å². The summed E-state index contributed by atoms with van der Waals surface area (Å²) in [5, 5.41) is 11.8. The highest BCUT2D eigenvalue weighted by molar-refractivity contribution is 5.93. The van der Waals surface area contributed by atoms with E-state index in [9.17, 15) is 4.79 Å². The van der Waals surface area contributed by atoms with E-state index >= 15 is 0 Å². The lowest BCUT2D eigenvalue weighted by Crippen LogP contribution is -2.20.